The van der Waals surface area contributed by atoms with Gasteiger partial charge in [0.05, 0.1) is 11.4 Å². The van der Waals surface area contributed by atoms with Crippen LogP contribution >= 0.6 is 0 Å². The highest BCUT2D eigenvalue weighted by Gasteiger charge is 2.18. The Morgan fingerprint density at radius 2 is 2.13 bits per heavy atom. The molecule has 0 saturated carbocycles. The van der Waals surface area contributed by atoms with Crippen LogP contribution in [0.1, 0.15) is 12.2 Å². The summed E-state index contributed by atoms with van der Waals surface area (Å²) in [5, 5.41) is 12.7. The Bertz CT molecular complexity index is 757. The van der Waals surface area contributed by atoms with Gasteiger partial charge in [0.2, 0.25) is 10.0 Å². The van der Waals surface area contributed by atoms with Crippen molar-refractivity contribution in [2.45, 2.75) is 30.3 Å². The lowest BCUT2D eigenvalue weighted by molar-refractivity contribution is 0.286. The van der Waals surface area contributed by atoms with Gasteiger partial charge in [-0.15, -0.1) is 0 Å². The van der Waals surface area contributed by atoms with Gasteiger partial charge in [0.1, 0.15) is 24.5 Å². The molecular weight excluding hydrogens is 318 g/mol. The van der Waals surface area contributed by atoms with E-state index in [9.17, 15) is 8.42 Å². The van der Waals surface area contributed by atoms with Gasteiger partial charge in [-0.05, 0) is 30.7 Å². The molecule has 0 fully saturated rings. The molecule has 2 heterocycles. The molecule has 1 aromatic heterocycles. The summed E-state index contributed by atoms with van der Waals surface area (Å²) in [7, 11) is -3.66. The highest BCUT2D eigenvalue weighted by molar-refractivity contribution is 7.89. The normalized spacial score (nSPS) is 17.7. The lowest BCUT2D eigenvalue weighted by Crippen LogP contribution is -2.39. The second-order valence-corrected chi connectivity index (χ2v) is 6.97. The molecule has 3 rings (SSSR count). The molecule has 0 aliphatic carbocycles. The van der Waals surface area contributed by atoms with E-state index in [1.807, 2.05) is 4.68 Å². The van der Waals surface area contributed by atoms with Gasteiger partial charge in [-0.2, -0.15) is 5.10 Å². The van der Waals surface area contributed by atoms with Crippen molar-refractivity contribution in [1.82, 2.24) is 20.1 Å². The number of primary sulfonamides is 1. The molecule has 0 unspecified atom stereocenters. The standard InChI is InChI=1S/C14H19N5O3S/c15-23(20,21)13-4-2-12(3-5-13)22-8-7-16-11-1-6-14-17-10-18-19(14)9-11/h2-5,10-11,16H,1,6-9H2,(H2,15,20,21)/t11-/m0/s1. The summed E-state index contributed by atoms with van der Waals surface area (Å²) in [4.78, 5) is 4.28. The van der Waals surface area contributed by atoms with E-state index in [1.165, 1.54) is 12.1 Å². The van der Waals surface area contributed by atoms with Gasteiger partial charge in [0.25, 0.3) is 0 Å². The molecule has 3 N–H and O–H groups in total. The van der Waals surface area contributed by atoms with Crippen LogP contribution in [0.4, 0.5) is 0 Å². The van der Waals surface area contributed by atoms with E-state index >= 15 is 0 Å². The van der Waals surface area contributed by atoms with Crippen LogP contribution in [0.3, 0.4) is 0 Å². The van der Waals surface area contributed by atoms with Crippen molar-refractivity contribution in [2.24, 2.45) is 5.14 Å². The largest absolute Gasteiger partial charge is 0.492 e. The van der Waals surface area contributed by atoms with Crippen molar-refractivity contribution in [3.05, 3.63) is 36.4 Å². The molecule has 0 radical (unpaired) electrons. The van der Waals surface area contributed by atoms with Gasteiger partial charge in [-0.3, -0.25) is 0 Å². The van der Waals surface area contributed by atoms with Crippen molar-refractivity contribution < 1.29 is 13.2 Å². The minimum atomic E-state index is -3.66. The number of benzene rings is 1. The Balaban J connectivity index is 1.42. The van der Waals surface area contributed by atoms with E-state index in [0.717, 1.165) is 25.2 Å². The summed E-state index contributed by atoms with van der Waals surface area (Å²) in [6.45, 7) is 2.01. The van der Waals surface area contributed by atoms with Crippen LogP contribution in [-0.4, -0.2) is 42.4 Å². The smallest absolute Gasteiger partial charge is 0.238 e. The van der Waals surface area contributed by atoms with Gasteiger partial charge in [0, 0.05) is 19.0 Å². The molecule has 2 aromatic rings. The maximum absolute atomic E-state index is 11.2. The molecule has 1 aliphatic rings. The Morgan fingerprint density at radius 1 is 1.35 bits per heavy atom. The number of hydrogen-bond acceptors (Lipinski definition) is 6. The Hall–Kier alpha value is -1.97. The predicted octanol–water partition coefficient (Wildman–Crippen LogP) is -0.0911. The summed E-state index contributed by atoms with van der Waals surface area (Å²) < 4.78 is 29.8. The summed E-state index contributed by atoms with van der Waals surface area (Å²) >= 11 is 0. The average molecular weight is 337 g/mol. The highest BCUT2D eigenvalue weighted by atomic mass is 32.2. The summed E-state index contributed by atoms with van der Waals surface area (Å²) in [6.07, 6.45) is 3.54. The van der Waals surface area contributed by atoms with Crippen LogP contribution < -0.4 is 15.2 Å². The zero-order chi connectivity index (χ0) is 16.3. The number of hydrogen-bond donors (Lipinski definition) is 2. The number of ether oxygens (including phenoxy) is 1. The van der Waals surface area contributed by atoms with Crippen LogP contribution in [0.15, 0.2) is 35.5 Å². The third-order valence-electron chi connectivity index (χ3n) is 3.76. The lowest BCUT2D eigenvalue weighted by atomic mass is 10.1. The molecule has 9 heteroatoms. The zero-order valence-corrected chi connectivity index (χ0v) is 13.4. The minimum absolute atomic E-state index is 0.0776. The number of aryl methyl sites for hydroxylation is 1. The molecule has 1 atom stereocenters. The summed E-state index contributed by atoms with van der Waals surface area (Å²) in [5.74, 6) is 1.65. The fourth-order valence-corrected chi connectivity index (χ4v) is 3.08. The number of aromatic nitrogens is 3. The van der Waals surface area contributed by atoms with Gasteiger partial charge in [0.15, 0.2) is 0 Å². The Kier molecular flexibility index (Phi) is 4.60. The maximum Gasteiger partial charge on any atom is 0.238 e. The minimum Gasteiger partial charge on any atom is -0.492 e. The second-order valence-electron chi connectivity index (χ2n) is 5.41. The molecule has 8 nitrogen and oxygen atoms in total. The summed E-state index contributed by atoms with van der Waals surface area (Å²) in [5.41, 5.74) is 0. The number of fused-ring (bicyclic) bond motifs is 1. The van der Waals surface area contributed by atoms with Crippen LogP contribution in [0.2, 0.25) is 0 Å². The fraction of sp³-hybridized carbons (Fsp3) is 0.429. The average Bonchev–Trinajstić information content (AvgIpc) is 2.99. The van der Waals surface area contributed by atoms with Gasteiger partial charge < -0.3 is 10.1 Å². The van der Waals surface area contributed by atoms with Crippen LogP contribution in [0.25, 0.3) is 0 Å². The number of rotatable bonds is 6. The number of sulfonamides is 1. The molecule has 0 bridgehead atoms. The Labute approximate surface area is 134 Å². The van der Waals surface area contributed by atoms with Gasteiger partial charge >= 0.3 is 0 Å². The summed E-state index contributed by atoms with van der Waals surface area (Å²) in [6, 6.07) is 6.43. The van der Waals surface area contributed by atoms with Crippen LogP contribution in [0.5, 0.6) is 5.75 Å². The maximum atomic E-state index is 11.2. The predicted molar refractivity (Wildman–Crippen MR) is 83.4 cm³/mol. The van der Waals surface area contributed by atoms with Crippen molar-refractivity contribution >= 4 is 10.0 Å². The molecule has 1 aliphatic heterocycles. The van der Waals surface area contributed by atoms with E-state index in [2.05, 4.69) is 15.4 Å². The second kappa shape index (κ2) is 6.65. The number of nitrogens with two attached hydrogens (primary N) is 1. The van der Waals surface area contributed by atoms with Crippen molar-refractivity contribution in [2.75, 3.05) is 13.2 Å². The van der Waals surface area contributed by atoms with Crippen molar-refractivity contribution in [3.8, 4) is 5.75 Å². The molecular formula is C14H19N5O3S. The monoisotopic (exact) mass is 337 g/mol. The quantitative estimate of drug-likeness (QED) is 0.713. The molecule has 0 spiro atoms. The molecule has 124 valence electrons. The van der Waals surface area contributed by atoms with Crippen molar-refractivity contribution in [3.63, 3.8) is 0 Å². The van der Waals surface area contributed by atoms with E-state index in [0.29, 0.717) is 24.9 Å². The van der Waals surface area contributed by atoms with Gasteiger partial charge in [-0.1, -0.05) is 0 Å². The third kappa shape index (κ3) is 4.06. The molecule has 1 aromatic carbocycles. The molecule has 0 saturated heterocycles. The first-order chi connectivity index (χ1) is 11.0. The topological polar surface area (TPSA) is 112 Å². The van der Waals surface area contributed by atoms with E-state index in [1.54, 1.807) is 18.5 Å². The van der Waals surface area contributed by atoms with E-state index in [4.69, 9.17) is 9.88 Å². The van der Waals surface area contributed by atoms with Crippen molar-refractivity contribution in [1.29, 1.82) is 0 Å². The highest BCUT2D eigenvalue weighted by Crippen LogP contribution is 2.15. The lowest BCUT2D eigenvalue weighted by Gasteiger charge is -2.23. The fourth-order valence-electron chi connectivity index (χ4n) is 2.56. The number of nitrogens with zero attached hydrogens (tertiary/aromatic N) is 3. The first-order valence-corrected chi connectivity index (χ1v) is 8.93. The number of nitrogens with one attached hydrogen (secondary N) is 1. The van der Waals surface area contributed by atoms with E-state index < -0.39 is 10.0 Å². The van der Waals surface area contributed by atoms with Crippen LogP contribution in [0, 0.1) is 0 Å². The third-order valence-corrected chi connectivity index (χ3v) is 4.69. The first-order valence-electron chi connectivity index (χ1n) is 7.38. The van der Waals surface area contributed by atoms with E-state index in [-0.39, 0.29) is 4.90 Å². The zero-order valence-electron chi connectivity index (χ0n) is 12.6. The molecule has 23 heavy (non-hydrogen) atoms. The first kappa shape index (κ1) is 15.9. The SMILES string of the molecule is NS(=O)(=O)c1ccc(OCCN[C@H]2CCc3ncnn3C2)cc1. The Morgan fingerprint density at radius 3 is 2.87 bits per heavy atom. The molecule has 0 amide bonds. The van der Waals surface area contributed by atoms with Gasteiger partial charge in [-0.25, -0.2) is 23.2 Å². The van der Waals surface area contributed by atoms with Crippen LogP contribution in [-0.2, 0) is 23.0 Å².